The molecule has 0 radical (unpaired) electrons. The summed E-state index contributed by atoms with van der Waals surface area (Å²) in [6, 6.07) is 9.47. The van der Waals surface area contributed by atoms with Gasteiger partial charge in [0.25, 0.3) is 5.91 Å². The van der Waals surface area contributed by atoms with E-state index in [2.05, 4.69) is 15.3 Å². The number of nitrogens with one attached hydrogen (secondary N) is 1. The molecular formula is C22H24N4O3S. The predicted octanol–water partition coefficient (Wildman–Crippen LogP) is 3.32. The second-order valence-electron chi connectivity index (χ2n) is 7.45. The maximum Gasteiger partial charge on any atom is 0.251 e. The number of amides is 2. The fraction of sp³-hybridized carbons (Fsp3) is 0.364. The molecule has 3 heterocycles. The van der Waals surface area contributed by atoms with Crippen LogP contribution in [0.4, 0.5) is 0 Å². The first-order valence-corrected chi connectivity index (χ1v) is 10.9. The van der Waals surface area contributed by atoms with Crippen molar-refractivity contribution < 1.29 is 14.3 Å². The van der Waals surface area contributed by atoms with Gasteiger partial charge in [0.1, 0.15) is 17.3 Å². The van der Waals surface area contributed by atoms with Crippen molar-refractivity contribution in [3.63, 3.8) is 0 Å². The van der Waals surface area contributed by atoms with Crippen molar-refractivity contribution in [1.29, 1.82) is 0 Å². The van der Waals surface area contributed by atoms with Crippen molar-refractivity contribution in [2.24, 2.45) is 0 Å². The smallest absolute Gasteiger partial charge is 0.251 e. The molecule has 156 valence electrons. The van der Waals surface area contributed by atoms with Crippen molar-refractivity contribution in [3.8, 4) is 5.88 Å². The number of aromatic nitrogens is 2. The third-order valence-electron chi connectivity index (χ3n) is 5.27. The second kappa shape index (κ2) is 8.79. The van der Waals surface area contributed by atoms with Gasteiger partial charge in [0.05, 0.1) is 5.39 Å². The quantitative estimate of drug-likeness (QED) is 0.679. The van der Waals surface area contributed by atoms with Crippen molar-refractivity contribution >= 4 is 33.4 Å². The minimum Gasteiger partial charge on any atom is -0.472 e. The van der Waals surface area contributed by atoms with E-state index in [-0.39, 0.29) is 17.9 Å². The molecule has 1 fully saturated rings. The lowest BCUT2D eigenvalue weighted by Crippen LogP contribution is -2.45. The lowest BCUT2D eigenvalue weighted by Gasteiger charge is -2.31. The van der Waals surface area contributed by atoms with Crippen LogP contribution in [0.15, 0.2) is 35.7 Å². The monoisotopic (exact) mass is 424 g/mol. The third kappa shape index (κ3) is 4.59. The molecular weight excluding hydrogens is 400 g/mol. The molecule has 8 heteroatoms. The minimum absolute atomic E-state index is 0.0878. The number of benzene rings is 1. The van der Waals surface area contributed by atoms with E-state index in [0.29, 0.717) is 37.0 Å². The van der Waals surface area contributed by atoms with E-state index in [9.17, 15) is 9.59 Å². The molecule has 0 atom stereocenters. The van der Waals surface area contributed by atoms with Crippen LogP contribution in [-0.2, 0) is 11.4 Å². The van der Waals surface area contributed by atoms with Crippen molar-refractivity contribution in [1.82, 2.24) is 20.2 Å². The molecule has 1 N–H and O–H groups in total. The second-order valence-corrected chi connectivity index (χ2v) is 8.35. The number of aryl methyl sites for hydroxylation is 1. The summed E-state index contributed by atoms with van der Waals surface area (Å²) in [4.78, 5) is 35.5. The van der Waals surface area contributed by atoms with E-state index in [1.54, 1.807) is 18.3 Å². The number of likely N-dealkylation sites (tertiary alicyclic amines) is 1. The number of carbonyl (C=O) groups is 2. The molecule has 1 aliphatic rings. The van der Waals surface area contributed by atoms with Crippen LogP contribution in [0.5, 0.6) is 5.88 Å². The molecule has 0 spiro atoms. The number of rotatable bonds is 5. The van der Waals surface area contributed by atoms with E-state index in [1.165, 1.54) is 0 Å². The first-order valence-electron chi connectivity index (χ1n) is 9.99. The Balaban J connectivity index is 1.33. The third-order valence-corrected chi connectivity index (χ3v) is 6.08. The van der Waals surface area contributed by atoms with Crippen molar-refractivity contribution in [2.45, 2.75) is 39.3 Å². The van der Waals surface area contributed by atoms with Gasteiger partial charge in [0.2, 0.25) is 11.8 Å². The largest absolute Gasteiger partial charge is 0.472 e. The fourth-order valence-electron chi connectivity index (χ4n) is 3.55. The average molecular weight is 425 g/mol. The molecule has 4 rings (SSSR count). The normalized spacial score (nSPS) is 14.7. The summed E-state index contributed by atoms with van der Waals surface area (Å²) in [5.41, 5.74) is 1.58. The lowest BCUT2D eigenvalue weighted by molar-refractivity contribution is -0.129. The van der Waals surface area contributed by atoms with E-state index in [1.807, 2.05) is 47.5 Å². The van der Waals surface area contributed by atoms with Gasteiger partial charge in [0.15, 0.2) is 0 Å². The van der Waals surface area contributed by atoms with Gasteiger partial charge in [-0.2, -0.15) is 4.98 Å². The Morgan fingerprint density at radius 1 is 1.17 bits per heavy atom. The number of carbonyl (C=O) groups excluding carboxylic acids is 2. The highest BCUT2D eigenvalue weighted by molar-refractivity contribution is 7.16. The van der Waals surface area contributed by atoms with Crippen LogP contribution in [0.1, 0.15) is 41.5 Å². The van der Waals surface area contributed by atoms with Crippen LogP contribution in [0, 0.1) is 6.92 Å². The van der Waals surface area contributed by atoms with E-state index >= 15 is 0 Å². The molecule has 0 saturated carbocycles. The number of hydrogen-bond donors (Lipinski definition) is 1. The number of hydrogen-bond acceptors (Lipinski definition) is 6. The standard InChI is InChI=1S/C22H24N4O3S/c1-14-23-21(19-9-12-30-22(19)24-14)29-13-16-3-5-17(6-4-16)20(28)25-18-7-10-26(11-8-18)15(2)27/h3-6,9,12,18H,7-8,10-11,13H2,1-2H3,(H,25,28). The van der Waals surface area contributed by atoms with Crippen molar-refractivity contribution in [3.05, 3.63) is 52.7 Å². The molecule has 0 aliphatic carbocycles. The van der Waals surface area contributed by atoms with Gasteiger partial charge in [-0.15, -0.1) is 11.3 Å². The number of fused-ring (bicyclic) bond motifs is 1. The van der Waals surface area contributed by atoms with Crippen LogP contribution in [0.2, 0.25) is 0 Å². The van der Waals surface area contributed by atoms with Crippen LogP contribution >= 0.6 is 11.3 Å². The summed E-state index contributed by atoms with van der Waals surface area (Å²) in [6.07, 6.45) is 1.57. The summed E-state index contributed by atoms with van der Waals surface area (Å²) >= 11 is 1.56. The number of thiophene rings is 1. The van der Waals surface area contributed by atoms with Crippen LogP contribution in [0.3, 0.4) is 0 Å². The zero-order valence-electron chi connectivity index (χ0n) is 17.1. The minimum atomic E-state index is -0.0878. The summed E-state index contributed by atoms with van der Waals surface area (Å²) in [5.74, 6) is 1.27. The van der Waals surface area contributed by atoms with Gasteiger partial charge in [-0.1, -0.05) is 12.1 Å². The Morgan fingerprint density at radius 2 is 1.90 bits per heavy atom. The highest BCUT2D eigenvalue weighted by atomic mass is 32.1. The summed E-state index contributed by atoms with van der Waals surface area (Å²) < 4.78 is 5.92. The Hall–Kier alpha value is -3.00. The van der Waals surface area contributed by atoms with Crippen LogP contribution in [-0.4, -0.2) is 45.8 Å². The Labute approximate surface area is 179 Å². The van der Waals surface area contributed by atoms with E-state index in [4.69, 9.17) is 4.74 Å². The number of ether oxygens (including phenoxy) is 1. The Bertz CT molecular complexity index is 1060. The van der Waals surface area contributed by atoms with Gasteiger partial charge in [-0.25, -0.2) is 4.98 Å². The zero-order valence-corrected chi connectivity index (χ0v) is 17.9. The highest BCUT2D eigenvalue weighted by Crippen LogP contribution is 2.27. The Kier molecular flexibility index (Phi) is 5.94. The van der Waals surface area contributed by atoms with E-state index < -0.39 is 0 Å². The number of nitrogens with zero attached hydrogens (tertiary/aromatic N) is 3. The number of piperidine rings is 1. The molecule has 0 bridgehead atoms. The SMILES string of the molecule is CC(=O)N1CCC(NC(=O)c2ccc(COc3nc(C)nc4sccc34)cc2)CC1. The van der Waals surface area contributed by atoms with Gasteiger partial charge < -0.3 is 15.0 Å². The van der Waals surface area contributed by atoms with Crippen LogP contribution < -0.4 is 10.1 Å². The lowest BCUT2D eigenvalue weighted by atomic mass is 10.0. The fourth-order valence-corrected chi connectivity index (χ4v) is 4.35. The molecule has 3 aromatic rings. The highest BCUT2D eigenvalue weighted by Gasteiger charge is 2.22. The molecule has 1 aromatic carbocycles. The molecule has 2 amide bonds. The zero-order chi connectivity index (χ0) is 21.1. The van der Waals surface area contributed by atoms with Gasteiger partial charge in [-0.05, 0) is 48.9 Å². The van der Waals surface area contributed by atoms with Gasteiger partial charge in [-0.3, -0.25) is 9.59 Å². The van der Waals surface area contributed by atoms with E-state index in [0.717, 1.165) is 28.6 Å². The molecule has 30 heavy (non-hydrogen) atoms. The van der Waals surface area contributed by atoms with Gasteiger partial charge in [0, 0.05) is 31.6 Å². The molecule has 2 aromatic heterocycles. The molecule has 7 nitrogen and oxygen atoms in total. The Morgan fingerprint density at radius 3 is 2.60 bits per heavy atom. The molecule has 0 unspecified atom stereocenters. The molecule has 1 saturated heterocycles. The molecule has 1 aliphatic heterocycles. The van der Waals surface area contributed by atoms with Crippen molar-refractivity contribution in [2.75, 3.05) is 13.1 Å². The maximum atomic E-state index is 12.5. The predicted molar refractivity (Wildman–Crippen MR) is 116 cm³/mol. The first-order chi connectivity index (χ1) is 14.5. The van der Waals surface area contributed by atoms with Gasteiger partial charge >= 0.3 is 0 Å². The topological polar surface area (TPSA) is 84.4 Å². The first kappa shape index (κ1) is 20.3. The summed E-state index contributed by atoms with van der Waals surface area (Å²) in [6.45, 7) is 5.18. The summed E-state index contributed by atoms with van der Waals surface area (Å²) in [5, 5.41) is 5.96. The maximum absolute atomic E-state index is 12.5. The average Bonchev–Trinajstić information content (AvgIpc) is 3.21. The van der Waals surface area contributed by atoms with Crippen LogP contribution in [0.25, 0.3) is 10.2 Å². The summed E-state index contributed by atoms with van der Waals surface area (Å²) in [7, 11) is 0.